The van der Waals surface area contributed by atoms with Gasteiger partial charge in [0.15, 0.2) is 0 Å². The molecule has 3 nitrogen and oxygen atoms in total. The molecule has 0 bridgehead atoms. The highest BCUT2D eigenvalue weighted by atomic mass is 16.5. The second-order valence-electron chi connectivity index (χ2n) is 5.13. The minimum absolute atomic E-state index is 0.159. The van der Waals surface area contributed by atoms with Gasteiger partial charge in [0, 0.05) is 29.5 Å². The predicted molar refractivity (Wildman–Crippen MR) is 74.5 cm³/mol. The summed E-state index contributed by atoms with van der Waals surface area (Å²) >= 11 is 0. The molecule has 0 aromatic heterocycles. The third-order valence-corrected chi connectivity index (χ3v) is 2.69. The van der Waals surface area contributed by atoms with Crippen LogP contribution in [0.3, 0.4) is 0 Å². The van der Waals surface area contributed by atoms with Gasteiger partial charge in [0.2, 0.25) is 0 Å². The lowest BCUT2D eigenvalue weighted by atomic mass is 10.1. The first-order chi connectivity index (χ1) is 7.88. The number of benzene rings is 1. The van der Waals surface area contributed by atoms with E-state index in [0.717, 1.165) is 17.1 Å². The van der Waals surface area contributed by atoms with Crippen molar-refractivity contribution < 1.29 is 4.74 Å². The molecule has 0 radical (unpaired) electrons. The molecule has 0 heterocycles. The summed E-state index contributed by atoms with van der Waals surface area (Å²) in [6.45, 7) is 10.6. The van der Waals surface area contributed by atoms with Crippen molar-refractivity contribution in [2.45, 2.75) is 46.8 Å². The number of anilines is 2. The molecule has 1 aromatic rings. The van der Waals surface area contributed by atoms with Crippen LogP contribution >= 0.6 is 0 Å². The summed E-state index contributed by atoms with van der Waals surface area (Å²) in [7, 11) is 0. The lowest BCUT2D eigenvalue weighted by Crippen LogP contribution is -2.21. The van der Waals surface area contributed by atoms with Crippen molar-refractivity contribution in [1.82, 2.24) is 0 Å². The molecule has 3 N–H and O–H groups in total. The maximum Gasteiger partial charge on any atom is 0.123 e. The standard InChI is InChI=1S/C14H24N2O/c1-9(2)11(5)16-13-6-12(15)7-14(8-13)17-10(3)4/h6-11,16H,15H2,1-5H3. The Balaban J connectivity index is 2.82. The molecule has 3 heteroatoms. The highest BCUT2D eigenvalue weighted by Crippen LogP contribution is 2.24. The van der Waals surface area contributed by atoms with Gasteiger partial charge in [0.05, 0.1) is 6.10 Å². The average molecular weight is 236 g/mol. The van der Waals surface area contributed by atoms with Crippen molar-refractivity contribution in [1.29, 1.82) is 0 Å². The smallest absolute Gasteiger partial charge is 0.123 e. The second-order valence-corrected chi connectivity index (χ2v) is 5.13. The van der Waals surface area contributed by atoms with E-state index in [4.69, 9.17) is 10.5 Å². The Bertz CT molecular complexity index is 361. The van der Waals surface area contributed by atoms with Crippen LogP contribution < -0.4 is 15.8 Å². The quantitative estimate of drug-likeness (QED) is 0.769. The molecule has 96 valence electrons. The Morgan fingerprint density at radius 3 is 2.24 bits per heavy atom. The van der Waals surface area contributed by atoms with Gasteiger partial charge < -0.3 is 15.8 Å². The Hall–Kier alpha value is -1.38. The van der Waals surface area contributed by atoms with Crippen LogP contribution in [0.1, 0.15) is 34.6 Å². The zero-order valence-corrected chi connectivity index (χ0v) is 11.4. The van der Waals surface area contributed by atoms with Gasteiger partial charge in [-0.05, 0) is 32.8 Å². The van der Waals surface area contributed by atoms with E-state index >= 15 is 0 Å². The molecule has 0 aliphatic carbocycles. The largest absolute Gasteiger partial charge is 0.491 e. The monoisotopic (exact) mass is 236 g/mol. The van der Waals surface area contributed by atoms with E-state index in [9.17, 15) is 0 Å². The van der Waals surface area contributed by atoms with E-state index in [2.05, 4.69) is 26.1 Å². The van der Waals surface area contributed by atoms with Crippen LogP contribution in [0.4, 0.5) is 11.4 Å². The first-order valence-corrected chi connectivity index (χ1v) is 6.22. The number of nitrogens with one attached hydrogen (secondary N) is 1. The molecule has 0 aliphatic heterocycles. The van der Waals surface area contributed by atoms with Gasteiger partial charge in [-0.2, -0.15) is 0 Å². The molecule has 1 aromatic carbocycles. The van der Waals surface area contributed by atoms with E-state index in [1.165, 1.54) is 0 Å². The molecule has 17 heavy (non-hydrogen) atoms. The van der Waals surface area contributed by atoms with Gasteiger partial charge >= 0.3 is 0 Å². The normalized spacial score (nSPS) is 12.9. The van der Waals surface area contributed by atoms with Crippen LogP contribution in [-0.2, 0) is 0 Å². The summed E-state index contributed by atoms with van der Waals surface area (Å²) in [6, 6.07) is 6.19. The van der Waals surface area contributed by atoms with Crippen molar-refractivity contribution >= 4 is 11.4 Å². The number of hydrogen-bond acceptors (Lipinski definition) is 3. The van der Waals surface area contributed by atoms with Crippen LogP contribution in [0.15, 0.2) is 18.2 Å². The fraction of sp³-hybridized carbons (Fsp3) is 0.571. The number of nitrogens with two attached hydrogens (primary N) is 1. The van der Waals surface area contributed by atoms with Crippen molar-refractivity contribution in [3.05, 3.63) is 18.2 Å². The highest BCUT2D eigenvalue weighted by Gasteiger charge is 2.08. The number of ether oxygens (including phenoxy) is 1. The fourth-order valence-corrected chi connectivity index (χ4v) is 1.48. The molecule has 1 atom stereocenters. The number of nitrogen functional groups attached to an aromatic ring is 1. The molecule has 1 unspecified atom stereocenters. The summed E-state index contributed by atoms with van der Waals surface area (Å²) in [5, 5.41) is 3.44. The molecule has 1 rings (SSSR count). The molecule has 0 saturated carbocycles. The third kappa shape index (κ3) is 4.55. The van der Waals surface area contributed by atoms with E-state index in [-0.39, 0.29) is 6.10 Å². The number of hydrogen-bond donors (Lipinski definition) is 2. The van der Waals surface area contributed by atoms with Gasteiger partial charge in [-0.3, -0.25) is 0 Å². The van der Waals surface area contributed by atoms with E-state index in [1.54, 1.807) is 0 Å². The summed E-state index contributed by atoms with van der Waals surface area (Å²) < 4.78 is 5.66. The maximum atomic E-state index is 5.87. The summed E-state index contributed by atoms with van der Waals surface area (Å²) in [6.07, 6.45) is 0.159. The molecular weight excluding hydrogens is 212 g/mol. The first-order valence-electron chi connectivity index (χ1n) is 6.22. The minimum atomic E-state index is 0.159. The van der Waals surface area contributed by atoms with Crippen molar-refractivity contribution in [3.63, 3.8) is 0 Å². The Morgan fingerprint density at radius 2 is 1.71 bits per heavy atom. The summed E-state index contributed by atoms with van der Waals surface area (Å²) in [5.74, 6) is 1.39. The summed E-state index contributed by atoms with van der Waals surface area (Å²) in [5.41, 5.74) is 7.61. The number of rotatable bonds is 5. The van der Waals surface area contributed by atoms with Crippen LogP contribution in [0.5, 0.6) is 5.75 Å². The van der Waals surface area contributed by atoms with E-state index in [1.807, 2.05) is 32.0 Å². The topological polar surface area (TPSA) is 47.3 Å². The van der Waals surface area contributed by atoms with E-state index in [0.29, 0.717) is 12.0 Å². The molecule has 0 saturated heterocycles. The second kappa shape index (κ2) is 5.80. The van der Waals surface area contributed by atoms with Crippen LogP contribution in [-0.4, -0.2) is 12.1 Å². The lowest BCUT2D eigenvalue weighted by molar-refractivity contribution is 0.242. The van der Waals surface area contributed by atoms with Crippen molar-refractivity contribution in [3.8, 4) is 5.75 Å². The summed E-state index contributed by atoms with van der Waals surface area (Å²) in [4.78, 5) is 0. The zero-order chi connectivity index (χ0) is 13.0. The van der Waals surface area contributed by atoms with Gasteiger partial charge in [-0.15, -0.1) is 0 Å². The van der Waals surface area contributed by atoms with Gasteiger partial charge in [0.25, 0.3) is 0 Å². The Labute approximate surface area is 104 Å². The van der Waals surface area contributed by atoms with Crippen LogP contribution in [0.25, 0.3) is 0 Å². The lowest BCUT2D eigenvalue weighted by Gasteiger charge is -2.20. The first kappa shape index (κ1) is 13.7. The molecule has 0 aliphatic rings. The molecule has 0 amide bonds. The molecule has 0 spiro atoms. The molecule has 0 fully saturated rings. The third-order valence-electron chi connectivity index (χ3n) is 2.69. The Kier molecular flexibility index (Phi) is 4.67. The Morgan fingerprint density at radius 1 is 1.06 bits per heavy atom. The predicted octanol–water partition coefficient (Wildman–Crippen LogP) is 3.51. The SMILES string of the molecule is CC(C)Oc1cc(N)cc(NC(C)C(C)C)c1. The average Bonchev–Trinajstić information content (AvgIpc) is 2.14. The van der Waals surface area contributed by atoms with Crippen LogP contribution in [0, 0.1) is 5.92 Å². The fourth-order valence-electron chi connectivity index (χ4n) is 1.48. The van der Waals surface area contributed by atoms with Crippen LogP contribution in [0.2, 0.25) is 0 Å². The van der Waals surface area contributed by atoms with Crippen molar-refractivity contribution in [2.24, 2.45) is 5.92 Å². The highest BCUT2D eigenvalue weighted by molar-refractivity contribution is 5.59. The molecular formula is C14H24N2O. The van der Waals surface area contributed by atoms with Gasteiger partial charge in [-0.1, -0.05) is 13.8 Å². The minimum Gasteiger partial charge on any atom is -0.491 e. The van der Waals surface area contributed by atoms with Crippen molar-refractivity contribution in [2.75, 3.05) is 11.1 Å². The zero-order valence-electron chi connectivity index (χ0n) is 11.4. The van der Waals surface area contributed by atoms with E-state index < -0.39 is 0 Å². The maximum absolute atomic E-state index is 5.87. The van der Waals surface area contributed by atoms with Gasteiger partial charge in [0.1, 0.15) is 5.75 Å². The van der Waals surface area contributed by atoms with Gasteiger partial charge in [-0.25, -0.2) is 0 Å².